The van der Waals surface area contributed by atoms with Gasteiger partial charge >= 0.3 is 0 Å². The van der Waals surface area contributed by atoms with Gasteiger partial charge in [-0.3, -0.25) is 4.79 Å². The molecule has 0 saturated heterocycles. The average Bonchev–Trinajstić information content (AvgIpc) is 2.36. The summed E-state index contributed by atoms with van der Waals surface area (Å²) in [5.74, 6) is 1.03. The number of rotatable bonds is 7. The van der Waals surface area contributed by atoms with E-state index < -0.39 is 0 Å². The van der Waals surface area contributed by atoms with Gasteiger partial charge in [0, 0.05) is 5.56 Å². The number of nitrogen functional groups attached to an aromatic ring is 1. The highest BCUT2D eigenvalue weighted by Crippen LogP contribution is 2.35. The van der Waals surface area contributed by atoms with Gasteiger partial charge in [-0.2, -0.15) is 0 Å². The van der Waals surface area contributed by atoms with Gasteiger partial charge in [-0.1, -0.05) is 19.8 Å². The Morgan fingerprint density at radius 1 is 1.35 bits per heavy atom. The number of nitrogens with two attached hydrogens (primary N) is 1. The number of hydrogen-bond donors (Lipinski definition) is 1. The molecule has 0 heterocycles. The normalized spacial score (nSPS) is 10.0. The molecule has 0 atom stereocenters. The maximum Gasteiger partial charge on any atom is 0.184 e. The monoisotopic (exact) mass is 237 g/mol. The lowest BCUT2D eigenvalue weighted by Gasteiger charge is -2.13. The van der Waals surface area contributed by atoms with Crippen molar-refractivity contribution >= 4 is 12.0 Å². The molecule has 0 aliphatic rings. The van der Waals surface area contributed by atoms with E-state index in [1.165, 1.54) is 0 Å². The smallest absolute Gasteiger partial charge is 0.184 e. The van der Waals surface area contributed by atoms with Crippen molar-refractivity contribution in [3.8, 4) is 11.5 Å². The fourth-order valence-corrected chi connectivity index (χ4v) is 1.53. The number of carbonyl (C=O) groups excluding carboxylic acids is 1. The van der Waals surface area contributed by atoms with E-state index in [1.54, 1.807) is 19.2 Å². The highest BCUT2D eigenvalue weighted by molar-refractivity contribution is 5.87. The van der Waals surface area contributed by atoms with Gasteiger partial charge in [0.05, 0.1) is 19.4 Å². The molecule has 1 aromatic rings. The molecule has 94 valence electrons. The minimum Gasteiger partial charge on any atom is -0.493 e. The van der Waals surface area contributed by atoms with Crippen molar-refractivity contribution in [1.29, 1.82) is 0 Å². The Hall–Kier alpha value is -1.71. The lowest BCUT2D eigenvalue weighted by atomic mass is 10.1. The molecule has 4 heteroatoms. The number of carbonyl (C=O) groups is 1. The number of unbranched alkanes of at least 4 members (excludes halogenated alkanes) is 2. The zero-order valence-electron chi connectivity index (χ0n) is 10.4. The van der Waals surface area contributed by atoms with Crippen molar-refractivity contribution in [2.75, 3.05) is 19.5 Å². The zero-order valence-corrected chi connectivity index (χ0v) is 10.4. The second kappa shape index (κ2) is 6.78. The summed E-state index contributed by atoms with van der Waals surface area (Å²) in [7, 11) is 1.55. The summed E-state index contributed by atoms with van der Waals surface area (Å²) >= 11 is 0. The molecule has 0 aliphatic heterocycles. The molecule has 4 nitrogen and oxygen atoms in total. The largest absolute Gasteiger partial charge is 0.493 e. The maximum atomic E-state index is 10.8. The molecule has 0 fully saturated rings. The Bertz CT molecular complexity index is 377. The summed E-state index contributed by atoms with van der Waals surface area (Å²) in [6.45, 7) is 2.71. The number of hydrogen-bond acceptors (Lipinski definition) is 4. The summed E-state index contributed by atoms with van der Waals surface area (Å²) in [6, 6.07) is 3.31. The Kier molecular flexibility index (Phi) is 5.33. The van der Waals surface area contributed by atoms with Crippen LogP contribution in [0, 0.1) is 0 Å². The first-order valence-electron chi connectivity index (χ1n) is 5.79. The standard InChI is InChI=1S/C13H19NO3/c1-3-4-5-8-17-13-11(16-2)7-6-10(9-15)12(13)14/h6-7,9H,3-5,8,14H2,1-2H3. The van der Waals surface area contributed by atoms with Gasteiger partial charge in [0.15, 0.2) is 17.8 Å². The average molecular weight is 237 g/mol. The third kappa shape index (κ3) is 3.37. The lowest BCUT2D eigenvalue weighted by molar-refractivity contribution is 0.112. The molecule has 2 N–H and O–H groups in total. The second-order valence-electron chi connectivity index (χ2n) is 3.77. The Labute approximate surface area is 102 Å². The van der Waals surface area contributed by atoms with E-state index in [1.807, 2.05) is 0 Å². The van der Waals surface area contributed by atoms with Crippen LogP contribution < -0.4 is 15.2 Å². The SMILES string of the molecule is CCCCCOc1c(OC)ccc(C=O)c1N. The van der Waals surface area contributed by atoms with Crippen LogP contribution in [0.25, 0.3) is 0 Å². The van der Waals surface area contributed by atoms with Gasteiger partial charge in [-0.05, 0) is 18.6 Å². The number of benzene rings is 1. The fourth-order valence-electron chi connectivity index (χ4n) is 1.53. The summed E-state index contributed by atoms with van der Waals surface area (Å²) in [5.41, 5.74) is 6.62. The van der Waals surface area contributed by atoms with E-state index in [9.17, 15) is 4.79 Å². The summed E-state index contributed by atoms with van der Waals surface area (Å²) < 4.78 is 10.8. The molecule has 1 rings (SSSR count). The number of ether oxygens (including phenoxy) is 2. The summed E-state index contributed by atoms with van der Waals surface area (Å²) in [5, 5.41) is 0. The minimum absolute atomic E-state index is 0.343. The van der Waals surface area contributed by atoms with Crippen molar-refractivity contribution in [3.05, 3.63) is 17.7 Å². The molecule has 0 amide bonds. The van der Waals surface area contributed by atoms with Crippen molar-refractivity contribution < 1.29 is 14.3 Å². The molecule has 0 aliphatic carbocycles. The third-order valence-corrected chi connectivity index (χ3v) is 2.53. The number of anilines is 1. The molecule has 0 unspecified atom stereocenters. The molecule has 0 saturated carbocycles. The quantitative estimate of drug-likeness (QED) is 0.450. The highest BCUT2D eigenvalue weighted by Gasteiger charge is 2.12. The van der Waals surface area contributed by atoms with Gasteiger partial charge in [0.1, 0.15) is 0 Å². The Balaban J connectivity index is 2.82. The van der Waals surface area contributed by atoms with Crippen LogP contribution in [0.3, 0.4) is 0 Å². The first kappa shape index (κ1) is 13.4. The summed E-state index contributed by atoms with van der Waals surface area (Å²) in [6.07, 6.45) is 3.91. The van der Waals surface area contributed by atoms with E-state index in [0.29, 0.717) is 35.6 Å². The number of aldehydes is 1. The van der Waals surface area contributed by atoms with E-state index in [4.69, 9.17) is 15.2 Å². The second-order valence-corrected chi connectivity index (χ2v) is 3.77. The Morgan fingerprint density at radius 2 is 2.12 bits per heavy atom. The van der Waals surface area contributed by atoms with Gasteiger partial charge in [0.25, 0.3) is 0 Å². The third-order valence-electron chi connectivity index (χ3n) is 2.53. The van der Waals surface area contributed by atoms with E-state index >= 15 is 0 Å². The first-order valence-corrected chi connectivity index (χ1v) is 5.79. The van der Waals surface area contributed by atoms with Crippen LogP contribution in [-0.2, 0) is 0 Å². The lowest BCUT2D eigenvalue weighted by Crippen LogP contribution is -2.04. The van der Waals surface area contributed by atoms with Crippen molar-refractivity contribution in [2.45, 2.75) is 26.2 Å². The van der Waals surface area contributed by atoms with E-state index in [2.05, 4.69) is 6.92 Å². The van der Waals surface area contributed by atoms with Crippen LogP contribution in [0.15, 0.2) is 12.1 Å². The molecule has 1 aromatic carbocycles. The van der Waals surface area contributed by atoms with Gasteiger partial charge < -0.3 is 15.2 Å². The van der Waals surface area contributed by atoms with Crippen LogP contribution in [0.2, 0.25) is 0 Å². The van der Waals surface area contributed by atoms with Crippen molar-refractivity contribution in [2.24, 2.45) is 0 Å². The molecular formula is C13H19NO3. The van der Waals surface area contributed by atoms with Crippen molar-refractivity contribution in [3.63, 3.8) is 0 Å². The van der Waals surface area contributed by atoms with Crippen LogP contribution in [0.1, 0.15) is 36.5 Å². The van der Waals surface area contributed by atoms with Crippen LogP contribution >= 0.6 is 0 Å². The zero-order chi connectivity index (χ0) is 12.7. The predicted molar refractivity (Wildman–Crippen MR) is 67.8 cm³/mol. The van der Waals surface area contributed by atoms with Gasteiger partial charge in [-0.15, -0.1) is 0 Å². The molecule has 0 radical (unpaired) electrons. The van der Waals surface area contributed by atoms with Crippen molar-refractivity contribution in [1.82, 2.24) is 0 Å². The fraction of sp³-hybridized carbons (Fsp3) is 0.462. The molecule has 0 aromatic heterocycles. The van der Waals surface area contributed by atoms with E-state index in [0.717, 1.165) is 19.3 Å². The minimum atomic E-state index is 0.343. The van der Waals surface area contributed by atoms with E-state index in [-0.39, 0.29) is 0 Å². The first-order chi connectivity index (χ1) is 8.24. The molecule has 0 spiro atoms. The van der Waals surface area contributed by atoms with Gasteiger partial charge in [-0.25, -0.2) is 0 Å². The van der Waals surface area contributed by atoms with Crippen LogP contribution in [0.4, 0.5) is 5.69 Å². The molecular weight excluding hydrogens is 218 g/mol. The number of methoxy groups -OCH3 is 1. The van der Waals surface area contributed by atoms with Crippen LogP contribution in [-0.4, -0.2) is 20.0 Å². The maximum absolute atomic E-state index is 10.8. The Morgan fingerprint density at radius 3 is 2.71 bits per heavy atom. The topological polar surface area (TPSA) is 61.5 Å². The predicted octanol–water partition coefficient (Wildman–Crippen LogP) is 2.66. The summed E-state index contributed by atoms with van der Waals surface area (Å²) in [4.78, 5) is 10.8. The highest BCUT2D eigenvalue weighted by atomic mass is 16.5. The van der Waals surface area contributed by atoms with Gasteiger partial charge in [0.2, 0.25) is 0 Å². The molecule has 0 bridgehead atoms. The van der Waals surface area contributed by atoms with Crippen LogP contribution in [0.5, 0.6) is 11.5 Å². The molecule has 17 heavy (non-hydrogen) atoms.